The minimum atomic E-state index is -0.360. The van der Waals surface area contributed by atoms with Crippen LogP contribution in [-0.4, -0.2) is 17.0 Å². The van der Waals surface area contributed by atoms with Gasteiger partial charge in [0.05, 0.1) is 6.10 Å². The third-order valence-electron chi connectivity index (χ3n) is 4.92. The molecule has 0 amide bonds. The summed E-state index contributed by atoms with van der Waals surface area (Å²) in [5.41, 5.74) is 2.95. The Morgan fingerprint density at radius 3 is 2.68 bits per heavy atom. The largest absolute Gasteiger partial charge is 0.392 e. The maximum Gasteiger partial charge on any atom is 0.158 e. The SMILES string of the molecule is CC1=C2CCC[C@H](O)[C@@]2(c2ccccc2)CCC1=O. The van der Waals surface area contributed by atoms with Crippen LogP contribution in [-0.2, 0) is 10.2 Å². The van der Waals surface area contributed by atoms with Crippen LogP contribution in [0.4, 0.5) is 0 Å². The average Bonchev–Trinajstić information content (AvgIpc) is 2.45. The number of rotatable bonds is 1. The lowest BCUT2D eigenvalue weighted by Gasteiger charge is -2.47. The monoisotopic (exact) mass is 256 g/mol. The number of carbonyl (C=O) groups is 1. The highest BCUT2D eigenvalue weighted by molar-refractivity contribution is 5.97. The Morgan fingerprint density at radius 2 is 1.95 bits per heavy atom. The Morgan fingerprint density at radius 1 is 1.21 bits per heavy atom. The molecule has 2 heteroatoms. The molecule has 0 spiro atoms. The Labute approximate surface area is 114 Å². The maximum atomic E-state index is 12.0. The van der Waals surface area contributed by atoms with Crippen LogP contribution in [0.3, 0.4) is 0 Å². The van der Waals surface area contributed by atoms with Crippen LogP contribution in [0.15, 0.2) is 41.5 Å². The van der Waals surface area contributed by atoms with E-state index in [-0.39, 0.29) is 17.3 Å². The van der Waals surface area contributed by atoms with Gasteiger partial charge in [0.1, 0.15) is 0 Å². The molecular formula is C17H20O2. The quantitative estimate of drug-likeness (QED) is 0.838. The Hall–Kier alpha value is -1.41. The van der Waals surface area contributed by atoms with E-state index in [0.717, 1.165) is 31.3 Å². The van der Waals surface area contributed by atoms with Crippen molar-refractivity contribution in [3.8, 4) is 0 Å². The number of fused-ring (bicyclic) bond motifs is 1. The summed E-state index contributed by atoms with van der Waals surface area (Å²) in [6.07, 6.45) is 3.71. The lowest BCUT2D eigenvalue weighted by atomic mass is 9.58. The van der Waals surface area contributed by atoms with Gasteiger partial charge in [0.15, 0.2) is 5.78 Å². The molecule has 2 aliphatic rings. The van der Waals surface area contributed by atoms with E-state index in [1.165, 1.54) is 11.1 Å². The normalized spacial score (nSPS) is 31.3. The van der Waals surface area contributed by atoms with Crippen molar-refractivity contribution in [1.29, 1.82) is 0 Å². The predicted octanol–water partition coefficient (Wildman–Crippen LogP) is 3.15. The van der Waals surface area contributed by atoms with Gasteiger partial charge >= 0.3 is 0 Å². The first kappa shape index (κ1) is 12.6. The fraction of sp³-hybridized carbons (Fsp3) is 0.471. The zero-order valence-corrected chi connectivity index (χ0v) is 11.4. The molecule has 3 rings (SSSR count). The van der Waals surface area contributed by atoms with Gasteiger partial charge in [0, 0.05) is 11.8 Å². The second-order valence-corrected chi connectivity index (χ2v) is 5.77. The van der Waals surface area contributed by atoms with Crippen molar-refractivity contribution in [2.24, 2.45) is 0 Å². The number of benzene rings is 1. The number of aliphatic hydroxyl groups excluding tert-OH is 1. The van der Waals surface area contributed by atoms with Crippen molar-refractivity contribution in [3.05, 3.63) is 47.0 Å². The van der Waals surface area contributed by atoms with Gasteiger partial charge in [-0.3, -0.25) is 4.79 Å². The maximum absolute atomic E-state index is 12.0. The Kier molecular flexibility index (Phi) is 3.06. The van der Waals surface area contributed by atoms with E-state index in [0.29, 0.717) is 6.42 Å². The fourth-order valence-electron chi connectivity index (χ4n) is 3.90. The Bertz CT molecular complexity index is 529. The van der Waals surface area contributed by atoms with E-state index in [1.807, 2.05) is 25.1 Å². The number of carbonyl (C=O) groups excluding carboxylic acids is 1. The molecule has 2 atom stereocenters. The van der Waals surface area contributed by atoms with E-state index >= 15 is 0 Å². The van der Waals surface area contributed by atoms with E-state index in [2.05, 4.69) is 12.1 Å². The van der Waals surface area contributed by atoms with Gasteiger partial charge < -0.3 is 5.11 Å². The van der Waals surface area contributed by atoms with Gasteiger partial charge in [-0.05, 0) is 43.7 Å². The molecule has 1 aromatic carbocycles. The van der Waals surface area contributed by atoms with Crippen LogP contribution in [0.5, 0.6) is 0 Å². The fourth-order valence-corrected chi connectivity index (χ4v) is 3.90. The summed E-state index contributed by atoms with van der Waals surface area (Å²) < 4.78 is 0. The number of aliphatic hydroxyl groups is 1. The lowest BCUT2D eigenvalue weighted by molar-refractivity contribution is -0.117. The van der Waals surface area contributed by atoms with Gasteiger partial charge in [-0.15, -0.1) is 0 Å². The van der Waals surface area contributed by atoms with Crippen molar-refractivity contribution in [1.82, 2.24) is 0 Å². The van der Waals surface area contributed by atoms with E-state index < -0.39 is 0 Å². The molecule has 100 valence electrons. The molecule has 0 saturated heterocycles. The molecule has 0 heterocycles. The first-order valence-corrected chi connectivity index (χ1v) is 7.13. The molecule has 0 aromatic heterocycles. The lowest BCUT2D eigenvalue weighted by Crippen LogP contribution is -2.47. The highest BCUT2D eigenvalue weighted by atomic mass is 16.3. The predicted molar refractivity (Wildman–Crippen MR) is 74.9 cm³/mol. The summed E-state index contributed by atoms with van der Waals surface area (Å²) in [4.78, 5) is 12.0. The summed E-state index contributed by atoms with van der Waals surface area (Å²) in [7, 11) is 0. The molecule has 1 saturated carbocycles. The number of Topliss-reactive ketones (excluding diaryl/α,β-unsaturated/α-hetero) is 1. The molecular weight excluding hydrogens is 236 g/mol. The molecule has 0 radical (unpaired) electrons. The van der Waals surface area contributed by atoms with Crippen LogP contribution >= 0.6 is 0 Å². The molecule has 19 heavy (non-hydrogen) atoms. The van der Waals surface area contributed by atoms with Crippen molar-refractivity contribution in [2.75, 3.05) is 0 Å². The second-order valence-electron chi connectivity index (χ2n) is 5.77. The minimum Gasteiger partial charge on any atom is -0.392 e. The molecule has 0 bridgehead atoms. The van der Waals surface area contributed by atoms with Gasteiger partial charge in [-0.1, -0.05) is 35.9 Å². The molecule has 1 fully saturated rings. The van der Waals surface area contributed by atoms with E-state index in [1.54, 1.807) is 0 Å². The molecule has 1 N–H and O–H groups in total. The van der Waals surface area contributed by atoms with Crippen molar-refractivity contribution >= 4 is 5.78 Å². The van der Waals surface area contributed by atoms with E-state index in [4.69, 9.17) is 0 Å². The van der Waals surface area contributed by atoms with Crippen LogP contribution in [0.25, 0.3) is 0 Å². The average molecular weight is 256 g/mol. The number of hydrogen-bond donors (Lipinski definition) is 1. The zero-order valence-electron chi connectivity index (χ0n) is 11.4. The van der Waals surface area contributed by atoms with E-state index in [9.17, 15) is 9.90 Å². The molecule has 2 nitrogen and oxygen atoms in total. The first-order valence-electron chi connectivity index (χ1n) is 7.13. The van der Waals surface area contributed by atoms with Gasteiger partial charge in [-0.2, -0.15) is 0 Å². The number of ketones is 1. The summed E-state index contributed by atoms with van der Waals surface area (Å²) >= 11 is 0. The van der Waals surface area contributed by atoms with Crippen molar-refractivity contribution < 1.29 is 9.90 Å². The summed E-state index contributed by atoms with van der Waals surface area (Å²) in [5.74, 6) is 0.260. The number of allylic oxidation sites excluding steroid dienone is 1. The van der Waals surface area contributed by atoms with Crippen molar-refractivity contribution in [2.45, 2.75) is 50.5 Å². The minimum absolute atomic E-state index is 0.260. The summed E-state index contributed by atoms with van der Waals surface area (Å²) in [6.45, 7) is 1.94. The zero-order chi connectivity index (χ0) is 13.5. The third kappa shape index (κ3) is 1.78. The van der Waals surface area contributed by atoms with Crippen LogP contribution < -0.4 is 0 Å². The Balaban J connectivity index is 2.21. The van der Waals surface area contributed by atoms with Crippen LogP contribution in [0.2, 0.25) is 0 Å². The van der Waals surface area contributed by atoms with Crippen LogP contribution in [0.1, 0.15) is 44.6 Å². The molecule has 2 aliphatic carbocycles. The summed E-state index contributed by atoms with van der Waals surface area (Å²) in [6, 6.07) is 10.2. The molecule has 1 aromatic rings. The van der Waals surface area contributed by atoms with Crippen LogP contribution in [0, 0.1) is 0 Å². The summed E-state index contributed by atoms with van der Waals surface area (Å²) in [5, 5.41) is 10.7. The first-order chi connectivity index (χ1) is 9.16. The standard InChI is InChI=1S/C17H20O2/c1-12-14-8-5-9-16(19)17(14,11-10-15(12)18)13-6-3-2-4-7-13/h2-4,6-7,16,19H,5,8-11H2,1H3/t16-,17+/m0/s1. The topological polar surface area (TPSA) is 37.3 Å². The smallest absolute Gasteiger partial charge is 0.158 e. The van der Waals surface area contributed by atoms with Gasteiger partial charge in [-0.25, -0.2) is 0 Å². The van der Waals surface area contributed by atoms with Gasteiger partial charge in [0.2, 0.25) is 0 Å². The molecule has 0 aliphatic heterocycles. The number of hydrogen-bond acceptors (Lipinski definition) is 2. The van der Waals surface area contributed by atoms with Gasteiger partial charge in [0.25, 0.3) is 0 Å². The molecule has 0 unspecified atom stereocenters. The van der Waals surface area contributed by atoms with Crippen molar-refractivity contribution in [3.63, 3.8) is 0 Å². The second kappa shape index (κ2) is 4.61. The highest BCUT2D eigenvalue weighted by Gasteiger charge is 2.48. The third-order valence-corrected chi connectivity index (χ3v) is 4.92. The highest BCUT2D eigenvalue weighted by Crippen LogP contribution is 2.50.